The Morgan fingerprint density at radius 2 is 1.50 bits per heavy atom. The van der Waals surface area contributed by atoms with Crippen LogP contribution in [0.4, 0.5) is 5.69 Å². The third kappa shape index (κ3) is 1.52. The molecule has 0 fully saturated rings. The third-order valence-electron chi connectivity index (χ3n) is 1.13. The Balaban J connectivity index is 0.000000810. The van der Waals surface area contributed by atoms with E-state index in [4.69, 9.17) is 10.2 Å². The molecule has 0 saturated heterocycles. The lowest BCUT2D eigenvalue weighted by Gasteiger charge is -1.94. The Hall–Kier alpha value is -0.930. The Morgan fingerprint density at radius 3 is 1.80 bits per heavy atom. The molecule has 1 aromatic carbocycles. The Bertz CT molecular complexity index is 207. The molecule has 0 saturated carbocycles. The molecule has 0 bridgehead atoms. The first-order chi connectivity index (χ1) is 4.22. The minimum absolute atomic E-state index is 0. The Morgan fingerprint density at radius 1 is 1.10 bits per heavy atom. The van der Waals surface area contributed by atoms with Crippen LogP contribution >= 0.6 is 0 Å². The highest BCUT2D eigenvalue weighted by Gasteiger charge is 2.03. The maximum Gasteiger partial charge on any atom is 0.212 e. The Kier molecular flexibility index (Phi) is 2.99. The molecule has 1 aromatic rings. The number of hydrogen-bond acceptors (Lipinski definition) is 2. The van der Waals surface area contributed by atoms with Crippen molar-refractivity contribution in [3.63, 3.8) is 0 Å². The molecule has 56 valence electrons. The van der Waals surface area contributed by atoms with E-state index in [1.165, 1.54) is 12.1 Å². The lowest BCUT2D eigenvalue weighted by Crippen LogP contribution is -3.00. The first-order valence-corrected chi connectivity index (χ1v) is 2.54. The quantitative estimate of drug-likeness (QED) is 0.379. The molecule has 0 amide bonds. The number of quaternary nitrogens is 1. The molecule has 0 radical (unpaired) electrons. The summed E-state index contributed by atoms with van der Waals surface area (Å²) < 4.78 is 0. The summed E-state index contributed by atoms with van der Waals surface area (Å²) in [5, 5.41) is 17.8. The van der Waals surface area contributed by atoms with E-state index in [0.717, 1.165) is 0 Å². The van der Waals surface area contributed by atoms with E-state index in [-0.39, 0.29) is 29.6 Å². The summed E-state index contributed by atoms with van der Waals surface area (Å²) in [6.45, 7) is 0. The zero-order valence-corrected chi connectivity index (χ0v) is 5.97. The molecule has 4 heteroatoms. The van der Waals surface area contributed by atoms with E-state index >= 15 is 0 Å². The second kappa shape index (κ2) is 3.29. The standard InChI is InChI=1S/C6H7NO2.ClH/c7-6-4(8)2-1-3-5(6)9;/h1-3,8-9H,7H2;1H. The second-order valence-electron chi connectivity index (χ2n) is 1.77. The van der Waals surface area contributed by atoms with Crippen molar-refractivity contribution in [1.82, 2.24) is 0 Å². The van der Waals surface area contributed by atoms with Crippen LogP contribution in [0, 0.1) is 0 Å². The van der Waals surface area contributed by atoms with Gasteiger partial charge >= 0.3 is 0 Å². The summed E-state index contributed by atoms with van der Waals surface area (Å²) in [5.74, 6) is 0.0463. The minimum atomic E-state index is 0. The van der Waals surface area contributed by atoms with Crippen molar-refractivity contribution >= 4 is 5.69 Å². The fourth-order valence-corrected chi connectivity index (χ4v) is 0.563. The summed E-state index contributed by atoms with van der Waals surface area (Å²) in [7, 11) is 0. The molecule has 0 aliphatic carbocycles. The van der Waals surface area contributed by atoms with Gasteiger partial charge in [0.2, 0.25) is 5.69 Å². The van der Waals surface area contributed by atoms with Gasteiger partial charge in [0.05, 0.1) is 0 Å². The van der Waals surface area contributed by atoms with Crippen LogP contribution in [-0.2, 0) is 0 Å². The molecule has 1 rings (SSSR count). The largest absolute Gasteiger partial charge is 1.00 e. The number of rotatable bonds is 0. The average molecular weight is 162 g/mol. The van der Waals surface area contributed by atoms with Crippen LogP contribution in [0.3, 0.4) is 0 Å². The number of halogens is 1. The highest BCUT2D eigenvalue weighted by molar-refractivity contribution is 5.53. The van der Waals surface area contributed by atoms with Gasteiger partial charge < -0.3 is 28.4 Å². The van der Waals surface area contributed by atoms with Gasteiger partial charge in [-0.25, -0.2) is 0 Å². The van der Waals surface area contributed by atoms with Crippen molar-refractivity contribution in [3.05, 3.63) is 18.2 Å². The number of hydrogen-bond donors (Lipinski definition) is 3. The van der Waals surface area contributed by atoms with Crippen molar-refractivity contribution in [2.75, 3.05) is 0 Å². The molecule has 5 N–H and O–H groups in total. The van der Waals surface area contributed by atoms with Crippen molar-refractivity contribution in [2.45, 2.75) is 0 Å². The van der Waals surface area contributed by atoms with Gasteiger partial charge in [-0.3, -0.25) is 0 Å². The second-order valence-corrected chi connectivity index (χ2v) is 1.77. The van der Waals surface area contributed by atoms with Gasteiger partial charge in [0.1, 0.15) is 0 Å². The first-order valence-electron chi connectivity index (χ1n) is 2.54. The molecule has 0 aliphatic heterocycles. The fourth-order valence-electron chi connectivity index (χ4n) is 0.563. The molecule has 0 aromatic heterocycles. The van der Waals surface area contributed by atoms with E-state index in [0.29, 0.717) is 0 Å². The highest BCUT2D eigenvalue weighted by atomic mass is 35.5. The van der Waals surface area contributed by atoms with Crippen LogP contribution < -0.4 is 18.1 Å². The topological polar surface area (TPSA) is 68.1 Å². The first kappa shape index (κ1) is 9.07. The predicted octanol–water partition coefficient (Wildman–Crippen LogP) is -3.02. The molecule has 0 atom stereocenters. The van der Waals surface area contributed by atoms with Crippen LogP contribution in [0.5, 0.6) is 11.5 Å². The van der Waals surface area contributed by atoms with Crippen molar-refractivity contribution in [1.29, 1.82) is 0 Å². The van der Waals surface area contributed by atoms with Crippen LogP contribution in [0.25, 0.3) is 0 Å². The highest BCUT2D eigenvalue weighted by Crippen LogP contribution is 2.26. The van der Waals surface area contributed by atoms with Gasteiger partial charge in [-0.1, -0.05) is 6.07 Å². The normalized spacial score (nSPS) is 8.50. The van der Waals surface area contributed by atoms with Gasteiger partial charge in [-0.05, 0) is 12.1 Å². The monoisotopic (exact) mass is 161 g/mol. The number of phenolic OH excluding ortho intramolecular Hbond substituents is 2. The summed E-state index contributed by atoms with van der Waals surface area (Å²) in [6.07, 6.45) is 0. The average Bonchev–Trinajstić information content (AvgIpc) is 1.83. The summed E-state index contributed by atoms with van der Waals surface area (Å²) in [6, 6.07) is 4.50. The molecule has 3 nitrogen and oxygen atoms in total. The summed E-state index contributed by atoms with van der Waals surface area (Å²) in [4.78, 5) is 0. The van der Waals surface area contributed by atoms with Gasteiger partial charge in [0.25, 0.3) is 0 Å². The SMILES string of the molecule is [Cl-].[NH3+]c1c(O)cccc1O. The van der Waals surface area contributed by atoms with Gasteiger partial charge in [0, 0.05) is 0 Å². The third-order valence-corrected chi connectivity index (χ3v) is 1.13. The summed E-state index contributed by atoms with van der Waals surface area (Å²) >= 11 is 0. The van der Waals surface area contributed by atoms with Crippen LogP contribution in [0.15, 0.2) is 18.2 Å². The smallest absolute Gasteiger partial charge is 0.212 e. The van der Waals surface area contributed by atoms with E-state index in [1.807, 2.05) is 0 Å². The van der Waals surface area contributed by atoms with Crippen molar-refractivity contribution < 1.29 is 28.4 Å². The van der Waals surface area contributed by atoms with Gasteiger partial charge in [0.15, 0.2) is 11.5 Å². The van der Waals surface area contributed by atoms with Crippen LogP contribution in [0.1, 0.15) is 0 Å². The zero-order chi connectivity index (χ0) is 6.85. The van der Waals surface area contributed by atoms with E-state index in [9.17, 15) is 0 Å². The molecule has 0 heterocycles. The van der Waals surface area contributed by atoms with Crippen LogP contribution in [-0.4, -0.2) is 10.2 Å². The molecule has 0 unspecified atom stereocenters. The lowest BCUT2D eigenvalue weighted by atomic mass is 10.3. The predicted molar refractivity (Wildman–Crippen MR) is 32.3 cm³/mol. The van der Waals surface area contributed by atoms with E-state index in [2.05, 4.69) is 5.73 Å². The molecule has 0 spiro atoms. The number of benzene rings is 1. The summed E-state index contributed by atoms with van der Waals surface area (Å²) in [5.41, 5.74) is 3.70. The number of phenols is 2. The number of aromatic hydroxyl groups is 2. The van der Waals surface area contributed by atoms with E-state index in [1.54, 1.807) is 6.07 Å². The Labute approximate surface area is 64.5 Å². The zero-order valence-electron chi connectivity index (χ0n) is 5.21. The minimum Gasteiger partial charge on any atom is -1.00 e. The van der Waals surface area contributed by atoms with Gasteiger partial charge in [-0.15, -0.1) is 0 Å². The van der Waals surface area contributed by atoms with Crippen LogP contribution in [0.2, 0.25) is 0 Å². The van der Waals surface area contributed by atoms with Crippen molar-refractivity contribution in [3.8, 4) is 11.5 Å². The molecular weight excluding hydrogens is 154 g/mol. The van der Waals surface area contributed by atoms with Crippen molar-refractivity contribution in [2.24, 2.45) is 0 Å². The lowest BCUT2D eigenvalue weighted by molar-refractivity contribution is -0.258. The maximum atomic E-state index is 8.88. The maximum absolute atomic E-state index is 8.88. The molecule has 10 heavy (non-hydrogen) atoms. The molecular formula is C6H8ClNO2. The molecule has 0 aliphatic rings. The van der Waals surface area contributed by atoms with E-state index < -0.39 is 0 Å². The fraction of sp³-hybridized carbons (Fsp3) is 0. The van der Waals surface area contributed by atoms with Gasteiger partial charge in [-0.2, -0.15) is 0 Å².